The van der Waals surface area contributed by atoms with Crippen LogP contribution in [0.3, 0.4) is 0 Å². The molecule has 9 heteroatoms. The summed E-state index contributed by atoms with van der Waals surface area (Å²) < 4.78 is 40.2. The van der Waals surface area contributed by atoms with Gasteiger partial charge in [0.2, 0.25) is 6.79 Å². The topological polar surface area (TPSA) is 76.4 Å². The van der Waals surface area contributed by atoms with Gasteiger partial charge >= 0.3 is 6.61 Å². The van der Waals surface area contributed by atoms with E-state index in [1.165, 1.54) is 23.6 Å². The lowest BCUT2D eigenvalue weighted by Gasteiger charge is -2.10. The van der Waals surface area contributed by atoms with Gasteiger partial charge in [0.25, 0.3) is 0 Å². The fraction of sp³-hybridized carbons (Fsp3) is 0.100. The second-order valence-electron chi connectivity index (χ2n) is 5.79. The lowest BCUT2D eigenvalue weighted by molar-refractivity contribution is -0.0493. The van der Waals surface area contributed by atoms with Gasteiger partial charge in [0.05, 0.1) is 11.4 Å². The summed E-state index contributed by atoms with van der Waals surface area (Å²) in [5, 5.41) is 14.6. The molecule has 0 amide bonds. The maximum Gasteiger partial charge on any atom is 0.387 e. The van der Waals surface area contributed by atoms with Crippen molar-refractivity contribution >= 4 is 22.6 Å². The van der Waals surface area contributed by atoms with Gasteiger partial charge in [-0.05, 0) is 30.3 Å². The summed E-state index contributed by atoms with van der Waals surface area (Å²) in [6, 6.07) is 13.8. The number of nitrogens with one attached hydrogen (secondary N) is 1. The first-order valence-electron chi connectivity index (χ1n) is 8.40. The molecule has 0 fully saturated rings. The molecule has 2 heterocycles. The molecule has 0 unspecified atom stereocenters. The van der Waals surface area contributed by atoms with Crippen molar-refractivity contribution in [2.45, 2.75) is 6.61 Å². The second-order valence-corrected chi connectivity index (χ2v) is 6.65. The Balaban J connectivity index is 1.56. The lowest BCUT2D eigenvalue weighted by atomic mass is 10.1. The maximum atomic E-state index is 12.5. The van der Waals surface area contributed by atoms with Crippen LogP contribution in [-0.2, 0) is 0 Å². The summed E-state index contributed by atoms with van der Waals surface area (Å²) in [6.45, 7) is -2.76. The van der Waals surface area contributed by atoms with Crippen LogP contribution in [0.15, 0.2) is 54.0 Å². The number of fused-ring (bicyclic) bond motifs is 1. The van der Waals surface area contributed by atoms with E-state index in [-0.39, 0.29) is 18.1 Å². The zero-order valence-corrected chi connectivity index (χ0v) is 15.6. The third-order valence-electron chi connectivity index (χ3n) is 4.00. The Hall–Kier alpha value is -3.64. The molecule has 2 aromatic carbocycles. The van der Waals surface area contributed by atoms with Crippen LogP contribution in [0.2, 0.25) is 0 Å². The first-order valence-corrected chi connectivity index (χ1v) is 9.28. The van der Waals surface area contributed by atoms with Crippen molar-refractivity contribution in [3.63, 3.8) is 0 Å². The fourth-order valence-electron chi connectivity index (χ4n) is 2.66. The maximum absolute atomic E-state index is 12.5. The van der Waals surface area contributed by atoms with Crippen molar-refractivity contribution in [1.29, 1.82) is 5.26 Å². The van der Waals surface area contributed by atoms with Gasteiger partial charge in [-0.1, -0.05) is 12.1 Å². The molecule has 0 aliphatic carbocycles. The van der Waals surface area contributed by atoms with E-state index in [0.717, 1.165) is 5.56 Å². The summed E-state index contributed by atoms with van der Waals surface area (Å²) >= 11 is 1.30. The summed E-state index contributed by atoms with van der Waals surface area (Å²) in [4.78, 5) is 4.50. The van der Waals surface area contributed by atoms with E-state index in [2.05, 4.69) is 21.1 Å². The number of anilines is 1. The smallest absolute Gasteiger partial charge is 0.387 e. The molecule has 1 aliphatic heterocycles. The summed E-state index contributed by atoms with van der Waals surface area (Å²) in [6.07, 6.45) is 1.41. The number of nitriles is 1. The van der Waals surface area contributed by atoms with E-state index in [9.17, 15) is 14.0 Å². The number of hydrogen-bond donors (Lipinski definition) is 1. The second kappa shape index (κ2) is 8.16. The molecule has 29 heavy (non-hydrogen) atoms. The molecule has 1 N–H and O–H groups in total. The van der Waals surface area contributed by atoms with Gasteiger partial charge in [0, 0.05) is 17.1 Å². The van der Waals surface area contributed by atoms with Crippen LogP contribution in [0.1, 0.15) is 5.01 Å². The van der Waals surface area contributed by atoms with Crippen LogP contribution in [0.25, 0.3) is 16.8 Å². The van der Waals surface area contributed by atoms with Crippen LogP contribution >= 0.6 is 11.3 Å². The van der Waals surface area contributed by atoms with E-state index >= 15 is 0 Å². The lowest BCUT2D eigenvalue weighted by Crippen LogP contribution is -2.04. The molecule has 3 aromatic rings. The highest BCUT2D eigenvalue weighted by Crippen LogP contribution is 2.36. The summed E-state index contributed by atoms with van der Waals surface area (Å²) in [5.41, 5.74) is 2.09. The number of allylic oxidation sites excluding steroid dienone is 1. The van der Waals surface area contributed by atoms with Gasteiger partial charge < -0.3 is 19.5 Å². The molecule has 0 saturated carbocycles. The Morgan fingerprint density at radius 2 is 2.07 bits per heavy atom. The van der Waals surface area contributed by atoms with Crippen molar-refractivity contribution in [3.8, 4) is 34.6 Å². The van der Waals surface area contributed by atoms with Crippen molar-refractivity contribution < 1.29 is 23.0 Å². The van der Waals surface area contributed by atoms with Gasteiger partial charge in [0.1, 0.15) is 22.4 Å². The number of alkyl halides is 2. The number of para-hydroxylation sites is 2. The number of benzene rings is 2. The summed E-state index contributed by atoms with van der Waals surface area (Å²) in [5.74, 6) is 1.30. The first kappa shape index (κ1) is 18.7. The third-order valence-corrected chi connectivity index (χ3v) is 4.87. The quantitative estimate of drug-likeness (QED) is 0.566. The van der Waals surface area contributed by atoms with E-state index in [0.29, 0.717) is 27.9 Å². The molecule has 1 aromatic heterocycles. The highest BCUT2D eigenvalue weighted by Gasteiger charge is 2.16. The average Bonchev–Trinajstić information content (AvgIpc) is 3.38. The number of rotatable bonds is 6. The Kier molecular flexibility index (Phi) is 5.27. The minimum atomic E-state index is -2.94. The van der Waals surface area contributed by atoms with Crippen molar-refractivity contribution in [3.05, 3.63) is 59.1 Å². The van der Waals surface area contributed by atoms with Crippen molar-refractivity contribution in [2.24, 2.45) is 0 Å². The zero-order chi connectivity index (χ0) is 20.2. The minimum absolute atomic E-state index is 0.0174. The van der Waals surface area contributed by atoms with Crippen LogP contribution < -0.4 is 19.5 Å². The predicted molar refractivity (Wildman–Crippen MR) is 104 cm³/mol. The Bertz CT molecular complexity index is 1110. The average molecular weight is 413 g/mol. The summed E-state index contributed by atoms with van der Waals surface area (Å²) in [7, 11) is 0. The van der Waals surface area contributed by atoms with Gasteiger partial charge in [0.15, 0.2) is 11.5 Å². The molecule has 146 valence electrons. The van der Waals surface area contributed by atoms with E-state index in [1.807, 2.05) is 17.5 Å². The normalized spacial score (nSPS) is 12.7. The molecular formula is C20H13F2N3O3S. The molecule has 4 rings (SSSR count). The molecule has 0 spiro atoms. The fourth-order valence-corrected chi connectivity index (χ4v) is 3.46. The van der Waals surface area contributed by atoms with Crippen LogP contribution in [0.5, 0.6) is 17.2 Å². The van der Waals surface area contributed by atoms with E-state index < -0.39 is 6.61 Å². The number of thiazole rings is 1. The van der Waals surface area contributed by atoms with Gasteiger partial charge in [-0.15, -0.1) is 11.3 Å². The molecule has 0 bridgehead atoms. The van der Waals surface area contributed by atoms with Crippen molar-refractivity contribution in [2.75, 3.05) is 12.1 Å². The molecule has 6 nitrogen and oxygen atoms in total. The highest BCUT2D eigenvalue weighted by atomic mass is 32.1. The monoisotopic (exact) mass is 413 g/mol. The number of nitrogens with zero attached hydrogens (tertiary/aromatic N) is 2. The molecule has 0 saturated heterocycles. The largest absolute Gasteiger partial charge is 0.454 e. The van der Waals surface area contributed by atoms with Crippen LogP contribution in [0.4, 0.5) is 14.5 Å². The molecule has 0 atom stereocenters. The van der Waals surface area contributed by atoms with Crippen LogP contribution in [0, 0.1) is 11.3 Å². The number of ether oxygens (including phenoxy) is 3. The Morgan fingerprint density at radius 1 is 1.24 bits per heavy atom. The van der Waals surface area contributed by atoms with E-state index in [1.54, 1.807) is 24.3 Å². The third kappa shape index (κ3) is 4.12. The zero-order valence-electron chi connectivity index (χ0n) is 14.8. The Morgan fingerprint density at radius 3 is 2.90 bits per heavy atom. The Labute approximate surface area is 168 Å². The minimum Gasteiger partial charge on any atom is -0.454 e. The van der Waals surface area contributed by atoms with Crippen molar-refractivity contribution in [1.82, 2.24) is 4.98 Å². The molecule has 1 aliphatic rings. The van der Waals surface area contributed by atoms with Gasteiger partial charge in [-0.25, -0.2) is 4.98 Å². The highest BCUT2D eigenvalue weighted by molar-refractivity contribution is 7.11. The van der Waals surface area contributed by atoms with E-state index in [4.69, 9.17) is 9.47 Å². The number of aromatic nitrogens is 1. The van der Waals surface area contributed by atoms with Gasteiger partial charge in [-0.3, -0.25) is 0 Å². The van der Waals surface area contributed by atoms with Crippen LogP contribution in [-0.4, -0.2) is 18.4 Å². The first-order chi connectivity index (χ1) is 14.1. The number of halogens is 2. The molecule has 0 radical (unpaired) electrons. The predicted octanol–water partition coefficient (Wildman–Crippen LogP) is 5.12. The standard InChI is InChI=1S/C20H13F2N3O3S/c21-20(22)28-16-4-2-1-3-14(16)24-9-13(8-23)19-25-15(10-29-19)12-5-6-17-18(7-12)27-11-26-17/h1-7,9-10,20,24H,11H2. The SMILES string of the molecule is N#CC(=CNc1ccccc1OC(F)F)c1nc(-c2ccc3c(c2)OCO3)cs1. The number of hydrogen-bond acceptors (Lipinski definition) is 7. The molecular weight excluding hydrogens is 400 g/mol. The van der Waals surface area contributed by atoms with Gasteiger partial charge in [-0.2, -0.15) is 14.0 Å².